The highest BCUT2D eigenvalue weighted by Gasteiger charge is 2.01. The Labute approximate surface area is 125 Å². The van der Waals surface area contributed by atoms with E-state index < -0.39 is 0 Å². The molecule has 0 atom stereocenters. The second kappa shape index (κ2) is 8.04. The number of nitrogens with zero attached hydrogens (tertiary/aromatic N) is 4. The van der Waals surface area contributed by atoms with Crippen LogP contribution in [0.3, 0.4) is 0 Å². The van der Waals surface area contributed by atoms with Crippen molar-refractivity contribution in [2.45, 2.75) is 26.8 Å². The van der Waals surface area contributed by atoms with Crippen molar-refractivity contribution in [1.82, 2.24) is 25.4 Å². The lowest BCUT2D eigenvalue weighted by Gasteiger charge is -2.10. The van der Waals surface area contributed by atoms with E-state index in [1.165, 1.54) is 0 Å². The zero-order valence-electron chi connectivity index (χ0n) is 12.6. The molecular weight excluding hydrogens is 264 g/mol. The fourth-order valence-electron chi connectivity index (χ4n) is 1.84. The van der Waals surface area contributed by atoms with E-state index in [-0.39, 0.29) is 0 Å². The Hall–Kier alpha value is -2.37. The number of nitrogens with one attached hydrogen (secondary N) is 2. The molecule has 2 heterocycles. The van der Waals surface area contributed by atoms with E-state index in [0.717, 1.165) is 36.9 Å². The van der Waals surface area contributed by atoms with Crippen molar-refractivity contribution in [3.63, 3.8) is 0 Å². The Morgan fingerprint density at radius 1 is 1.29 bits per heavy atom. The predicted octanol–water partition coefficient (Wildman–Crippen LogP) is 1.73. The Balaban J connectivity index is 2.06. The highest BCUT2D eigenvalue weighted by Crippen LogP contribution is 2.07. The molecule has 0 amide bonds. The second-order valence-electron chi connectivity index (χ2n) is 4.59. The van der Waals surface area contributed by atoms with Crippen molar-refractivity contribution in [3.8, 4) is 5.82 Å². The van der Waals surface area contributed by atoms with E-state index in [2.05, 4.69) is 39.6 Å². The van der Waals surface area contributed by atoms with Crippen LogP contribution in [0.2, 0.25) is 0 Å². The molecule has 0 aromatic carbocycles. The molecule has 2 aromatic heterocycles. The first-order valence-electron chi connectivity index (χ1n) is 7.30. The molecule has 0 aliphatic rings. The maximum absolute atomic E-state index is 4.58. The summed E-state index contributed by atoms with van der Waals surface area (Å²) in [4.78, 5) is 8.90. The lowest BCUT2D eigenvalue weighted by atomic mass is 10.2. The zero-order chi connectivity index (χ0) is 14.9. The van der Waals surface area contributed by atoms with Crippen molar-refractivity contribution in [1.29, 1.82) is 0 Å². The van der Waals surface area contributed by atoms with Gasteiger partial charge in [-0.2, -0.15) is 5.10 Å². The maximum atomic E-state index is 4.58. The summed E-state index contributed by atoms with van der Waals surface area (Å²) in [6.07, 6.45) is 6.48. The summed E-state index contributed by atoms with van der Waals surface area (Å²) in [5, 5.41) is 10.7. The molecular formula is C15H22N6. The molecule has 0 spiro atoms. The molecule has 2 N–H and O–H groups in total. The van der Waals surface area contributed by atoms with Gasteiger partial charge < -0.3 is 10.6 Å². The van der Waals surface area contributed by atoms with Gasteiger partial charge in [-0.05, 0) is 37.1 Å². The quantitative estimate of drug-likeness (QED) is 0.627. The summed E-state index contributed by atoms with van der Waals surface area (Å²) in [6.45, 7) is 6.57. The standard InChI is InChI=1S/C15H22N6/c1-3-7-18-15(16-4-2)19-12-13-6-9-17-14(11-13)21-10-5-8-20-21/h5-6,8-11H,3-4,7,12H2,1-2H3,(H2,16,18,19). The molecule has 6 nitrogen and oxygen atoms in total. The summed E-state index contributed by atoms with van der Waals surface area (Å²) in [5.41, 5.74) is 1.10. The first kappa shape index (κ1) is 15.0. The summed E-state index contributed by atoms with van der Waals surface area (Å²) in [6, 6.07) is 5.85. The Bertz CT molecular complexity index is 561. The molecule has 0 bridgehead atoms. The van der Waals surface area contributed by atoms with E-state index in [9.17, 15) is 0 Å². The molecule has 0 aliphatic heterocycles. The van der Waals surface area contributed by atoms with Crippen molar-refractivity contribution in [2.24, 2.45) is 4.99 Å². The molecule has 2 aromatic rings. The van der Waals surface area contributed by atoms with Crippen molar-refractivity contribution < 1.29 is 0 Å². The third-order valence-electron chi connectivity index (χ3n) is 2.86. The fourth-order valence-corrected chi connectivity index (χ4v) is 1.84. The molecule has 2 rings (SSSR count). The summed E-state index contributed by atoms with van der Waals surface area (Å²) < 4.78 is 1.74. The van der Waals surface area contributed by atoms with E-state index in [1.54, 1.807) is 17.1 Å². The van der Waals surface area contributed by atoms with Gasteiger partial charge in [0.25, 0.3) is 0 Å². The van der Waals surface area contributed by atoms with Crippen LogP contribution in [-0.4, -0.2) is 33.8 Å². The van der Waals surface area contributed by atoms with Gasteiger partial charge >= 0.3 is 0 Å². The SMILES string of the molecule is CCCNC(=NCc1ccnc(-n2cccn2)c1)NCC. The fraction of sp³-hybridized carbons (Fsp3) is 0.400. The van der Waals surface area contributed by atoms with Crippen LogP contribution >= 0.6 is 0 Å². The predicted molar refractivity (Wildman–Crippen MR) is 84.5 cm³/mol. The summed E-state index contributed by atoms with van der Waals surface area (Å²) >= 11 is 0. The van der Waals surface area contributed by atoms with Gasteiger partial charge in [-0.25, -0.2) is 14.7 Å². The minimum Gasteiger partial charge on any atom is -0.357 e. The minimum absolute atomic E-state index is 0.607. The first-order valence-corrected chi connectivity index (χ1v) is 7.30. The number of pyridine rings is 1. The number of aliphatic imine (C=N–C) groups is 1. The summed E-state index contributed by atoms with van der Waals surface area (Å²) in [7, 11) is 0. The first-order chi connectivity index (χ1) is 10.3. The van der Waals surface area contributed by atoms with Crippen LogP contribution in [0.5, 0.6) is 0 Å². The van der Waals surface area contributed by atoms with Crippen LogP contribution in [0.1, 0.15) is 25.8 Å². The van der Waals surface area contributed by atoms with E-state index in [1.807, 2.05) is 24.4 Å². The second-order valence-corrected chi connectivity index (χ2v) is 4.59. The third kappa shape index (κ3) is 4.59. The molecule has 6 heteroatoms. The van der Waals surface area contributed by atoms with Gasteiger partial charge in [-0.1, -0.05) is 6.92 Å². The van der Waals surface area contributed by atoms with Gasteiger partial charge in [0.15, 0.2) is 11.8 Å². The van der Waals surface area contributed by atoms with Crippen molar-refractivity contribution >= 4 is 5.96 Å². The Morgan fingerprint density at radius 2 is 2.19 bits per heavy atom. The average Bonchev–Trinajstić information content (AvgIpc) is 3.05. The smallest absolute Gasteiger partial charge is 0.191 e. The molecule has 112 valence electrons. The van der Waals surface area contributed by atoms with Gasteiger partial charge in [0, 0.05) is 31.7 Å². The molecule has 21 heavy (non-hydrogen) atoms. The molecule has 0 fully saturated rings. The van der Waals surface area contributed by atoms with E-state index >= 15 is 0 Å². The maximum Gasteiger partial charge on any atom is 0.191 e. The van der Waals surface area contributed by atoms with E-state index in [4.69, 9.17) is 0 Å². The van der Waals surface area contributed by atoms with Crippen LogP contribution in [-0.2, 0) is 6.54 Å². The number of hydrogen-bond donors (Lipinski definition) is 2. The normalized spacial score (nSPS) is 11.4. The van der Waals surface area contributed by atoms with Gasteiger partial charge in [0.05, 0.1) is 6.54 Å². The van der Waals surface area contributed by atoms with Crippen LogP contribution in [0.4, 0.5) is 0 Å². The van der Waals surface area contributed by atoms with Gasteiger partial charge in [-0.3, -0.25) is 0 Å². The average molecular weight is 286 g/mol. The van der Waals surface area contributed by atoms with E-state index in [0.29, 0.717) is 6.54 Å². The van der Waals surface area contributed by atoms with Crippen LogP contribution < -0.4 is 10.6 Å². The third-order valence-corrected chi connectivity index (χ3v) is 2.86. The van der Waals surface area contributed by atoms with Gasteiger partial charge in [0.1, 0.15) is 0 Å². The van der Waals surface area contributed by atoms with Crippen molar-refractivity contribution in [2.75, 3.05) is 13.1 Å². The van der Waals surface area contributed by atoms with Crippen LogP contribution in [0.25, 0.3) is 5.82 Å². The molecule has 0 aliphatic carbocycles. The van der Waals surface area contributed by atoms with Gasteiger partial charge in [-0.15, -0.1) is 0 Å². The number of rotatable bonds is 6. The highest BCUT2D eigenvalue weighted by molar-refractivity contribution is 5.79. The Morgan fingerprint density at radius 3 is 2.90 bits per heavy atom. The minimum atomic E-state index is 0.607. The largest absolute Gasteiger partial charge is 0.357 e. The van der Waals surface area contributed by atoms with Gasteiger partial charge in [0.2, 0.25) is 0 Å². The molecule has 0 unspecified atom stereocenters. The van der Waals surface area contributed by atoms with Crippen LogP contribution in [0.15, 0.2) is 41.8 Å². The Kier molecular flexibility index (Phi) is 5.75. The molecule has 0 saturated carbocycles. The monoisotopic (exact) mass is 286 g/mol. The summed E-state index contributed by atoms with van der Waals surface area (Å²) in [5.74, 6) is 1.65. The lowest BCUT2D eigenvalue weighted by Crippen LogP contribution is -2.37. The molecule has 0 saturated heterocycles. The topological polar surface area (TPSA) is 67.1 Å². The number of aromatic nitrogens is 3. The molecule has 0 radical (unpaired) electrons. The van der Waals surface area contributed by atoms with Crippen LogP contribution in [0, 0.1) is 0 Å². The van der Waals surface area contributed by atoms with Crippen molar-refractivity contribution in [3.05, 3.63) is 42.4 Å². The lowest BCUT2D eigenvalue weighted by molar-refractivity contribution is 0.784. The highest BCUT2D eigenvalue weighted by atomic mass is 15.3. The number of hydrogen-bond acceptors (Lipinski definition) is 3. The number of guanidine groups is 1. The zero-order valence-corrected chi connectivity index (χ0v) is 12.6.